The second kappa shape index (κ2) is 29.7. The minimum Gasteiger partial charge on any atom is -0.394 e. The fourth-order valence-electron chi connectivity index (χ4n) is 4.94. The number of allylic oxidation sites excluding steroid dienone is 1. The predicted octanol–water partition coefficient (Wildman–Crippen LogP) is 9.17. The third-order valence-corrected chi connectivity index (χ3v) is 7.52. The van der Waals surface area contributed by atoms with Gasteiger partial charge < -0.3 is 15.5 Å². The first-order valence-corrected chi connectivity index (χ1v) is 16.4. The van der Waals surface area contributed by atoms with E-state index in [0.717, 1.165) is 25.7 Å². The van der Waals surface area contributed by atoms with Crippen molar-refractivity contribution in [3.8, 4) is 0 Å². The van der Waals surface area contributed by atoms with Crippen LogP contribution in [0, 0.1) is 0 Å². The first-order valence-electron chi connectivity index (χ1n) is 16.4. The average molecular weight is 524 g/mol. The lowest BCUT2D eigenvalue weighted by Crippen LogP contribution is -2.45. The molecule has 0 spiro atoms. The minimum atomic E-state index is -0.829. The van der Waals surface area contributed by atoms with E-state index in [-0.39, 0.29) is 12.5 Å². The summed E-state index contributed by atoms with van der Waals surface area (Å²) < 4.78 is 0. The van der Waals surface area contributed by atoms with E-state index < -0.39 is 12.1 Å². The van der Waals surface area contributed by atoms with Gasteiger partial charge in [0.15, 0.2) is 0 Å². The highest BCUT2D eigenvalue weighted by Crippen LogP contribution is 2.14. The maximum absolute atomic E-state index is 12.2. The van der Waals surface area contributed by atoms with Gasteiger partial charge in [-0.15, -0.1) is 0 Å². The number of hydrogen-bond donors (Lipinski definition) is 3. The Labute approximate surface area is 231 Å². The van der Waals surface area contributed by atoms with Crippen LogP contribution in [0.4, 0.5) is 0 Å². The Kier molecular flexibility index (Phi) is 29.0. The highest BCUT2D eigenvalue weighted by Gasteiger charge is 2.17. The number of carbonyl (C=O) groups excluding carboxylic acids is 1. The van der Waals surface area contributed by atoms with Crippen LogP contribution >= 0.6 is 0 Å². The van der Waals surface area contributed by atoms with E-state index >= 15 is 0 Å². The number of amides is 1. The molecular formula is C33H65NO3. The first kappa shape index (κ1) is 36.1. The van der Waals surface area contributed by atoms with E-state index in [9.17, 15) is 15.0 Å². The van der Waals surface area contributed by atoms with E-state index in [4.69, 9.17) is 0 Å². The predicted molar refractivity (Wildman–Crippen MR) is 161 cm³/mol. The van der Waals surface area contributed by atoms with Crippen molar-refractivity contribution in [2.45, 2.75) is 187 Å². The maximum Gasteiger partial charge on any atom is 0.220 e. The van der Waals surface area contributed by atoms with Crippen LogP contribution in [-0.2, 0) is 4.79 Å². The standard InChI is InChI=1S/C33H65NO3/c1-3-5-7-9-11-12-13-14-15-16-17-18-19-20-21-23-25-27-29-33(37)34-31(30-35)32(36)28-26-24-22-10-8-6-4-2/h26,28,31-32,35-36H,3-25,27,29-30H2,1-2H3,(H,34,37)/b28-26+. The van der Waals surface area contributed by atoms with Gasteiger partial charge in [-0.25, -0.2) is 0 Å². The van der Waals surface area contributed by atoms with Crippen LogP contribution in [0.3, 0.4) is 0 Å². The number of aliphatic hydroxyl groups excluding tert-OH is 2. The van der Waals surface area contributed by atoms with Crippen LogP contribution in [0.15, 0.2) is 12.2 Å². The first-order chi connectivity index (χ1) is 18.2. The summed E-state index contributed by atoms with van der Waals surface area (Å²) in [5, 5.41) is 22.6. The van der Waals surface area contributed by atoms with Gasteiger partial charge in [-0.2, -0.15) is 0 Å². The lowest BCUT2D eigenvalue weighted by atomic mass is 10.0. The molecule has 3 N–H and O–H groups in total. The molecule has 4 nitrogen and oxygen atoms in total. The number of rotatable bonds is 29. The molecule has 0 aliphatic rings. The molecule has 37 heavy (non-hydrogen) atoms. The van der Waals surface area contributed by atoms with Gasteiger partial charge in [0.2, 0.25) is 5.91 Å². The monoisotopic (exact) mass is 523 g/mol. The van der Waals surface area contributed by atoms with Crippen LogP contribution in [0.1, 0.15) is 174 Å². The summed E-state index contributed by atoms with van der Waals surface area (Å²) in [5.41, 5.74) is 0. The summed E-state index contributed by atoms with van der Waals surface area (Å²) in [7, 11) is 0. The van der Waals surface area contributed by atoms with E-state index in [1.807, 2.05) is 6.08 Å². The van der Waals surface area contributed by atoms with Crippen molar-refractivity contribution in [3.63, 3.8) is 0 Å². The molecule has 0 aliphatic carbocycles. The molecule has 0 saturated heterocycles. The van der Waals surface area contributed by atoms with Gasteiger partial charge >= 0.3 is 0 Å². The second-order valence-corrected chi connectivity index (χ2v) is 11.2. The van der Waals surface area contributed by atoms with Crippen molar-refractivity contribution in [2.75, 3.05) is 6.61 Å². The van der Waals surface area contributed by atoms with Gasteiger partial charge in [-0.05, 0) is 19.3 Å². The molecule has 220 valence electrons. The number of aliphatic hydroxyl groups is 2. The zero-order valence-corrected chi connectivity index (χ0v) is 25.0. The molecule has 0 aromatic rings. The van der Waals surface area contributed by atoms with Gasteiger partial charge in [-0.3, -0.25) is 4.79 Å². The fraction of sp³-hybridized carbons (Fsp3) is 0.909. The third kappa shape index (κ3) is 26.5. The molecule has 0 radical (unpaired) electrons. The van der Waals surface area contributed by atoms with E-state index in [1.165, 1.54) is 128 Å². The molecule has 0 aromatic carbocycles. The Bertz CT molecular complexity index is 494. The number of nitrogens with one attached hydrogen (secondary N) is 1. The number of unbranched alkanes of at least 4 members (excludes halogenated alkanes) is 22. The molecular weight excluding hydrogens is 458 g/mol. The molecule has 2 unspecified atom stereocenters. The van der Waals surface area contributed by atoms with Crippen LogP contribution < -0.4 is 5.32 Å². The Morgan fingerprint density at radius 3 is 1.41 bits per heavy atom. The largest absolute Gasteiger partial charge is 0.394 e. The van der Waals surface area contributed by atoms with Crippen LogP contribution in [0.5, 0.6) is 0 Å². The quantitative estimate of drug-likeness (QED) is 0.0676. The van der Waals surface area contributed by atoms with Gasteiger partial charge in [-0.1, -0.05) is 161 Å². The summed E-state index contributed by atoms with van der Waals surface area (Å²) in [6, 6.07) is -0.612. The molecule has 0 rings (SSSR count). The number of hydrogen-bond acceptors (Lipinski definition) is 3. The topological polar surface area (TPSA) is 69.6 Å². The minimum absolute atomic E-state index is 0.0671. The Morgan fingerprint density at radius 2 is 1.00 bits per heavy atom. The van der Waals surface area contributed by atoms with E-state index in [1.54, 1.807) is 6.08 Å². The van der Waals surface area contributed by atoms with Crippen LogP contribution in [0.2, 0.25) is 0 Å². The summed E-state index contributed by atoms with van der Waals surface area (Å²) in [6.45, 7) is 4.25. The van der Waals surface area contributed by atoms with E-state index in [2.05, 4.69) is 19.2 Å². The van der Waals surface area contributed by atoms with Crippen molar-refractivity contribution in [1.29, 1.82) is 0 Å². The molecule has 2 atom stereocenters. The summed E-state index contributed by atoms with van der Waals surface area (Å²) >= 11 is 0. The molecule has 0 heterocycles. The smallest absolute Gasteiger partial charge is 0.220 e. The Morgan fingerprint density at radius 1 is 0.622 bits per heavy atom. The average Bonchev–Trinajstić information content (AvgIpc) is 2.90. The highest BCUT2D eigenvalue weighted by atomic mass is 16.3. The fourth-order valence-corrected chi connectivity index (χ4v) is 4.94. The van der Waals surface area contributed by atoms with Crippen molar-refractivity contribution in [1.82, 2.24) is 5.32 Å². The summed E-state index contributed by atoms with van der Waals surface area (Å²) in [5.74, 6) is -0.0671. The molecule has 0 fully saturated rings. The molecule has 0 bridgehead atoms. The zero-order valence-electron chi connectivity index (χ0n) is 25.0. The van der Waals surface area contributed by atoms with Crippen molar-refractivity contribution >= 4 is 5.91 Å². The van der Waals surface area contributed by atoms with Crippen molar-refractivity contribution in [2.24, 2.45) is 0 Å². The van der Waals surface area contributed by atoms with Gasteiger partial charge in [0.25, 0.3) is 0 Å². The molecule has 0 saturated carbocycles. The summed E-state index contributed by atoms with van der Waals surface area (Å²) in [4.78, 5) is 12.2. The molecule has 1 amide bonds. The van der Waals surface area contributed by atoms with Gasteiger partial charge in [0.05, 0.1) is 18.8 Å². The second-order valence-electron chi connectivity index (χ2n) is 11.2. The van der Waals surface area contributed by atoms with Gasteiger partial charge in [0, 0.05) is 6.42 Å². The SMILES string of the molecule is CCCCCCC/C=C/C(O)C(CO)NC(=O)CCCCCCCCCCCCCCCCCCCC. The lowest BCUT2D eigenvalue weighted by molar-refractivity contribution is -0.123. The van der Waals surface area contributed by atoms with Gasteiger partial charge in [0.1, 0.15) is 0 Å². The summed E-state index contributed by atoms with van der Waals surface area (Å²) in [6.07, 6.45) is 34.4. The maximum atomic E-state index is 12.2. The normalized spacial score (nSPS) is 13.3. The van der Waals surface area contributed by atoms with E-state index in [0.29, 0.717) is 6.42 Å². The van der Waals surface area contributed by atoms with Crippen LogP contribution in [-0.4, -0.2) is 34.9 Å². The number of carbonyl (C=O) groups is 1. The molecule has 0 aliphatic heterocycles. The lowest BCUT2D eigenvalue weighted by Gasteiger charge is -2.20. The third-order valence-electron chi connectivity index (χ3n) is 7.52. The zero-order chi connectivity index (χ0) is 27.2. The Balaban J connectivity index is 3.52. The van der Waals surface area contributed by atoms with Crippen molar-refractivity contribution in [3.05, 3.63) is 12.2 Å². The van der Waals surface area contributed by atoms with Crippen molar-refractivity contribution < 1.29 is 15.0 Å². The molecule has 0 aromatic heterocycles. The Hall–Kier alpha value is -0.870. The highest BCUT2D eigenvalue weighted by molar-refractivity contribution is 5.76. The van der Waals surface area contributed by atoms with Crippen LogP contribution in [0.25, 0.3) is 0 Å². The molecule has 4 heteroatoms.